The standard InChI is InChI=1S/C31H38N4O4S/c1-5-7-8-9-10-11-28-34-35-29(32)25(30(36)33-31(35)40-28)19-23-12-13-26(27(20-23)37-4)39-15-14-38-24-17-21(3)16-22(6-2)18-24/h12-13,16-20,32H,5-11,14-15H2,1-4H3/b25-19-,32-29?. The smallest absolute Gasteiger partial charge is 0.283 e. The van der Waals surface area contributed by atoms with Crippen molar-refractivity contribution in [3.8, 4) is 17.2 Å². The molecule has 212 valence electrons. The highest BCUT2D eigenvalue weighted by Gasteiger charge is 2.35. The molecule has 2 aliphatic rings. The quantitative estimate of drug-likeness (QED) is 0.197. The van der Waals surface area contributed by atoms with Gasteiger partial charge < -0.3 is 14.2 Å². The van der Waals surface area contributed by atoms with Crippen molar-refractivity contribution in [1.29, 1.82) is 5.41 Å². The Bertz CT molecular complexity index is 1330. The van der Waals surface area contributed by atoms with Crippen LogP contribution in [0.1, 0.15) is 69.1 Å². The lowest BCUT2D eigenvalue weighted by molar-refractivity contribution is -0.114. The Morgan fingerprint density at radius 2 is 1.80 bits per heavy atom. The van der Waals surface area contributed by atoms with E-state index in [2.05, 4.69) is 43.0 Å². The zero-order valence-corrected chi connectivity index (χ0v) is 24.6. The van der Waals surface area contributed by atoms with Crippen LogP contribution in [-0.4, -0.2) is 47.3 Å². The van der Waals surface area contributed by atoms with Gasteiger partial charge in [0, 0.05) is 0 Å². The van der Waals surface area contributed by atoms with Crippen molar-refractivity contribution in [1.82, 2.24) is 5.01 Å². The number of fused-ring (bicyclic) bond motifs is 1. The lowest BCUT2D eigenvalue weighted by Crippen LogP contribution is -2.35. The van der Waals surface area contributed by atoms with Gasteiger partial charge in [-0.1, -0.05) is 51.7 Å². The second-order valence-corrected chi connectivity index (χ2v) is 10.8. The average molecular weight is 563 g/mol. The van der Waals surface area contributed by atoms with Gasteiger partial charge in [-0.3, -0.25) is 10.2 Å². The summed E-state index contributed by atoms with van der Waals surface area (Å²) >= 11 is 1.38. The molecule has 0 saturated heterocycles. The molecular weight excluding hydrogens is 524 g/mol. The van der Waals surface area contributed by atoms with Crippen molar-refractivity contribution in [2.75, 3.05) is 20.3 Å². The number of ether oxygens (including phenoxy) is 3. The zero-order valence-electron chi connectivity index (χ0n) is 23.8. The summed E-state index contributed by atoms with van der Waals surface area (Å²) < 4.78 is 17.3. The van der Waals surface area contributed by atoms with E-state index in [0.717, 1.165) is 36.5 Å². The number of hydrogen-bond donors (Lipinski definition) is 1. The summed E-state index contributed by atoms with van der Waals surface area (Å²) in [6, 6.07) is 11.6. The maximum absolute atomic E-state index is 12.8. The maximum atomic E-state index is 12.8. The van der Waals surface area contributed by atoms with Crippen molar-refractivity contribution in [3.63, 3.8) is 0 Å². The predicted octanol–water partition coefficient (Wildman–Crippen LogP) is 7.00. The normalized spacial score (nSPS) is 15.7. The molecule has 0 fully saturated rings. The summed E-state index contributed by atoms with van der Waals surface area (Å²) in [6.07, 6.45) is 9.30. The molecule has 2 aromatic rings. The number of benzene rings is 2. The van der Waals surface area contributed by atoms with E-state index in [0.29, 0.717) is 35.4 Å². The lowest BCUT2D eigenvalue weighted by Gasteiger charge is -2.20. The molecule has 1 amide bonds. The first-order valence-electron chi connectivity index (χ1n) is 13.9. The molecule has 9 heteroatoms. The molecule has 0 spiro atoms. The second kappa shape index (κ2) is 14.2. The number of rotatable bonds is 14. The van der Waals surface area contributed by atoms with E-state index < -0.39 is 5.91 Å². The Labute approximate surface area is 241 Å². The molecule has 4 rings (SSSR count). The minimum Gasteiger partial charge on any atom is -0.493 e. The van der Waals surface area contributed by atoms with Gasteiger partial charge in [-0.15, -0.1) is 0 Å². The van der Waals surface area contributed by atoms with Crippen molar-refractivity contribution < 1.29 is 19.0 Å². The minimum atomic E-state index is -0.443. The number of nitrogens with one attached hydrogen (secondary N) is 1. The van der Waals surface area contributed by atoms with Gasteiger partial charge in [-0.05, 0) is 85.0 Å². The van der Waals surface area contributed by atoms with Gasteiger partial charge in [0.2, 0.25) is 5.17 Å². The molecule has 2 aliphatic heterocycles. The lowest BCUT2D eigenvalue weighted by atomic mass is 10.1. The van der Waals surface area contributed by atoms with Crippen molar-refractivity contribution in [2.24, 2.45) is 10.1 Å². The molecule has 0 unspecified atom stereocenters. The fourth-order valence-electron chi connectivity index (χ4n) is 4.50. The van der Waals surface area contributed by atoms with E-state index in [4.69, 9.17) is 19.6 Å². The van der Waals surface area contributed by atoms with Gasteiger partial charge in [0.05, 0.1) is 12.7 Å². The predicted molar refractivity (Wildman–Crippen MR) is 163 cm³/mol. The number of carbonyl (C=O) groups is 1. The Hall–Kier alpha value is -3.59. The summed E-state index contributed by atoms with van der Waals surface area (Å²) in [5, 5.41) is 16.0. The Kier molecular flexibility index (Phi) is 10.4. The third-order valence-electron chi connectivity index (χ3n) is 6.62. The minimum absolute atomic E-state index is 0.0299. The van der Waals surface area contributed by atoms with E-state index in [-0.39, 0.29) is 11.4 Å². The number of unbranched alkanes of at least 4 members (excludes halogenated alkanes) is 4. The van der Waals surface area contributed by atoms with E-state index >= 15 is 0 Å². The SMILES string of the molecule is CCCCCCCC1=NN2C(=N)/C(=C/c3ccc(OCCOc4cc(C)cc(CC)c4)c(OC)c3)C(=O)N=C2S1. The van der Waals surface area contributed by atoms with Crippen molar-refractivity contribution in [2.45, 2.75) is 65.7 Å². The van der Waals surface area contributed by atoms with Gasteiger partial charge >= 0.3 is 0 Å². The molecule has 0 aromatic heterocycles. The number of hydrazone groups is 1. The second-order valence-electron chi connectivity index (χ2n) is 9.79. The molecule has 0 bridgehead atoms. The fourth-order valence-corrected chi connectivity index (χ4v) is 5.42. The van der Waals surface area contributed by atoms with Crippen LogP contribution in [-0.2, 0) is 11.2 Å². The molecule has 2 aromatic carbocycles. The molecule has 0 aliphatic carbocycles. The Morgan fingerprint density at radius 1 is 1.00 bits per heavy atom. The first kappa shape index (κ1) is 29.4. The third kappa shape index (κ3) is 7.53. The van der Waals surface area contributed by atoms with Crippen molar-refractivity contribution in [3.05, 3.63) is 58.7 Å². The average Bonchev–Trinajstić information content (AvgIpc) is 3.36. The number of aliphatic imine (C=N–C) groups is 1. The van der Waals surface area contributed by atoms with Crippen LogP contribution in [0, 0.1) is 12.3 Å². The maximum Gasteiger partial charge on any atom is 0.283 e. The molecule has 1 N–H and O–H groups in total. The van der Waals surface area contributed by atoms with E-state index in [1.54, 1.807) is 25.3 Å². The van der Waals surface area contributed by atoms with Crippen LogP contribution >= 0.6 is 11.8 Å². The van der Waals surface area contributed by atoms with Crippen LogP contribution < -0.4 is 14.2 Å². The first-order chi connectivity index (χ1) is 19.4. The van der Waals surface area contributed by atoms with Crippen molar-refractivity contribution >= 4 is 39.8 Å². The highest BCUT2D eigenvalue weighted by atomic mass is 32.2. The Morgan fingerprint density at radius 3 is 2.58 bits per heavy atom. The monoisotopic (exact) mass is 562 g/mol. The molecule has 0 saturated carbocycles. The van der Waals surface area contributed by atoms with Crippen LogP contribution in [0.3, 0.4) is 0 Å². The number of aryl methyl sites for hydroxylation is 2. The number of hydrogen-bond acceptors (Lipinski definition) is 7. The number of thioether (sulfide) groups is 1. The summed E-state index contributed by atoms with van der Waals surface area (Å²) in [4.78, 5) is 17.0. The Balaban J connectivity index is 1.37. The number of carbonyl (C=O) groups excluding carboxylic acids is 1. The largest absolute Gasteiger partial charge is 0.493 e. The summed E-state index contributed by atoms with van der Waals surface area (Å²) in [6.45, 7) is 7.12. The van der Waals surface area contributed by atoms with E-state index in [1.807, 2.05) is 12.1 Å². The number of amides is 1. The van der Waals surface area contributed by atoms with Gasteiger partial charge in [-0.2, -0.15) is 15.1 Å². The summed E-state index contributed by atoms with van der Waals surface area (Å²) in [5.41, 5.74) is 3.29. The van der Waals surface area contributed by atoms with Crippen LogP contribution in [0.2, 0.25) is 0 Å². The molecular formula is C31H38N4O4S. The fraction of sp³-hybridized carbons (Fsp3) is 0.419. The number of amidine groups is 2. The van der Waals surface area contributed by atoms with Crippen LogP contribution in [0.15, 0.2) is 52.1 Å². The van der Waals surface area contributed by atoms with Gasteiger partial charge in [0.25, 0.3) is 5.91 Å². The van der Waals surface area contributed by atoms with Gasteiger partial charge in [0.15, 0.2) is 17.3 Å². The van der Waals surface area contributed by atoms with Crippen LogP contribution in [0.4, 0.5) is 0 Å². The number of nitrogens with zero attached hydrogens (tertiary/aromatic N) is 3. The topological polar surface area (TPSA) is 96.6 Å². The van der Waals surface area contributed by atoms with Gasteiger partial charge in [0.1, 0.15) is 24.0 Å². The molecule has 0 atom stereocenters. The van der Waals surface area contributed by atoms with Crippen LogP contribution in [0.5, 0.6) is 17.2 Å². The third-order valence-corrected chi connectivity index (χ3v) is 7.59. The molecule has 0 radical (unpaired) electrons. The molecule has 40 heavy (non-hydrogen) atoms. The molecule has 2 heterocycles. The zero-order chi connectivity index (χ0) is 28.5. The van der Waals surface area contributed by atoms with Crippen LogP contribution in [0.25, 0.3) is 6.08 Å². The van der Waals surface area contributed by atoms with E-state index in [9.17, 15) is 4.79 Å². The molecule has 8 nitrogen and oxygen atoms in total. The summed E-state index contributed by atoms with van der Waals surface area (Å²) in [7, 11) is 1.57. The number of methoxy groups -OCH3 is 1. The van der Waals surface area contributed by atoms with E-state index in [1.165, 1.54) is 47.2 Å². The highest BCUT2D eigenvalue weighted by Crippen LogP contribution is 2.32. The highest BCUT2D eigenvalue weighted by molar-refractivity contribution is 8.26. The summed E-state index contributed by atoms with van der Waals surface area (Å²) in [5.74, 6) is 1.52. The van der Waals surface area contributed by atoms with Gasteiger partial charge in [-0.25, -0.2) is 0 Å². The first-order valence-corrected chi connectivity index (χ1v) is 14.8.